The molecule has 0 spiro atoms. The molecule has 0 heterocycles. The molecule has 0 radical (unpaired) electrons. The molecule has 0 fully saturated rings. The van der Waals surface area contributed by atoms with Crippen molar-refractivity contribution in [2.75, 3.05) is 0 Å². The smallest absolute Gasteiger partial charge is 0.0461 e. The van der Waals surface area contributed by atoms with Crippen molar-refractivity contribution in [3.8, 4) is 0 Å². The van der Waals surface area contributed by atoms with Gasteiger partial charge in [0, 0.05) is 4.83 Å². The van der Waals surface area contributed by atoms with Gasteiger partial charge in [-0.2, -0.15) is 0 Å². The van der Waals surface area contributed by atoms with Crippen LogP contribution in [0, 0.1) is 13.8 Å². The lowest BCUT2D eigenvalue weighted by atomic mass is 9.92. The van der Waals surface area contributed by atoms with Crippen molar-refractivity contribution in [1.29, 1.82) is 0 Å². The van der Waals surface area contributed by atoms with Gasteiger partial charge in [0.2, 0.25) is 0 Å². The zero-order chi connectivity index (χ0) is 13.1. The fourth-order valence-corrected chi connectivity index (χ4v) is 2.74. The summed E-state index contributed by atoms with van der Waals surface area (Å²) >= 11 is 3.85. The topological polar surface area (TPSA) is 0 Å². The lowest BCUT2D eigenvalue weighted by Gasteiger charge is -2.20. The molecule has 0 saturated carbocycles. The van der Waals surface area contributed by atoms with Crippen LogP contribution in [0.3, 0.4) is 0 Å². The molecule has 0 aliphatic carbocycles. The highest BCUT2D eigenvalue weighted by Crippen LogP contribution is 2.37. The molecular weight excluding hydrogens is 284 g/mol. The number of rotatable bonds is 3. The quantitative estimate of drug-likeness (QED) is 0.653. The van der Waals surface area contributed by atoms with Gasteiger partial charge in [0.1, 0.15) is 0 Å². The van der Waals surface area contributed by atoms with E-state index in [0.29, 0.717) is 10.7 Å². The van der Waals surface area contributed by atoms with Crippen LogP contribution < -0.4 is 0 Å². The molecule has 94 valence electrons. The van der Waals surface area contributed by atoms with E-state index >= 15 is 0 Å². The van der Waals surface area contributed by atoms with Gasteiger partial charge < -0.3 is 0 Å². The molecule has 0 amide bonds. The molecule has 0 aromatic heterocycles. The van der Waals surface area contributed by atoms with E-state index in [2.05, 4.69) is 85.2 Å². The van der Waals surface area contributed by atoms with Crippen LogP contribution in [0.1, 0.15) is 39.9 Å². The molecule has 18 heavy (non-hydrogen) atoms. The Hall–Kier alpha value is -1.08. The summed E-state index contributed by atoms with van der Waals surface area (Å²) in [5.41, 5.74) is 5.44. The third-order valence-corrected chi connectivity index (χ3v) is 4.94. The second kappa shape index (κ2) is 5.71. The summed E-state index contributed by atoms with van der Waals surface area (Å²) in [6, 6.07) is 17.4. The summed E-state index contributed by atoms with van der Waals surface area (Å²) in [5.74, 6) is 0.466. The first kappa shape index (κ1) is 13.4. The van der Waals surface area contributed by atoms with E-state index < -0.39 is 0 Å². The van der Waals surface area contributed by atoms with Crippen LogP contribution in [0.15, 0.2) is 48.5 Å². The first-order valence-corrected chi connectivity index (χ1v) is 7.27. The van der Waals surface area contributed by atoms with E-state index in [1.165, 1.54) is 22.3 Å². The van der Waals surface area contributed by atoms with E-state index in [9.17, 15) is 0 Å². The highest BCUT2D eigenvalue weighted by atomic mass is 79.9. The number of hydrogen-bond donors (Lipinski definition) is 0. The predicted molar refractivity (Wildman–Crippen MR) is 82.4 cm³/mol. The highest BCUT2D eigenvalue weighted by Gasteiger charge is 2.17. The first-order chi connectivity index (χ1) is 8.59. The molecule has 2 rings (SSSR count). The Balaban J connectivity index is 2.25. The van der Waals surface area contributed by atoms with Crippen LogP contribution in [0.25, 0.3) is 0 Å². The van der Waals surface area contributed by atoms with E-state index in [1.54, 1.807) is 0 Å². The summed E-state index contributed by atoms with van der Waals surface area (Å²) < 4.78 is 0. The minimum atomic E-state index is 0.360. The van der Waals surface area contributed by atoms with Crippen molar-refractivity contribution in [2.45, 2.75) is 31.5 Å². The molecule has 1 heteroatoms. The molecule has 2 aromatic rings. The molecule has 0 nitrogen and oxygen atoms in total. The Kier molecular flexibility index (Phi) is 4.23. The van der Waals surface area contributed by atoms with Crippen LogP contribution >= 0.6 is 15.9 Å². The minimum absolute atomic E-state index is 0.360. The molecule has 2 atom stereocenters. The van der Waals surface area contributed by atoms with Gasteiger partial charge in [-0.1, -0.05) is 71.4 Å². The average molecular weight is 303 g/mol. The second-order valence-corrected chi connectivity index (χ2v) is 5.93. The highest BCUT2D eigenvalue weighted by molar-refractivity contribution is 9.09. The third kappa shape index (κ3) is 2.84. The largest absolute Gasteiger partial charge is 0.0832 e. The molecular formula is C17H19Br. The Morgan fingerprint density at radius 2 is 1.50 bits per heavy atom. The second-order valence-electron chi connectivity index (χ2n) is 4.94. The predicted octanol–water partition coefficient (Wildman–Crippen LogP) is 5.54. The van der Waals surface area contributed by atoms with Gasteiger partial charge in [0.25, 0.3) is 0 Å². The fraction of sp³-hybridized carbons (Fsp3) is 0.294. The molecule has 0 saturated heterocycles. The number of alkyl halides is 1. The van der Waals surface area contributed by atoms with Gasteiger partial charge in [0.15, 0.2) is 0 Å². The Labute approximate surface area is 118 Å². The molecule has 0 aliphatic heterocycles. The van der Waals surface area contributed by atoms with Crippen molar-refractivity contribution in [1.82, 2.24) is 0 Å². The van der Waals surface area contributed by atoms with Crippen molar-refractivity contribution in [3.05, 3.63) is 70.8 Å². The van der Waals surface area contributed by atoms with Gasteiger partial charge in [-0.3, -0.25) is 0 Å². The number of aryl methyl sites for hydroxylation is 2. The van der Waals surface area contributed by atoms with Crippen LogP contribution in [-0.2, 0) is 0 Å². The van der Waals surface area contributed by atoms with Crippen molar-refractivity contribution in [3.63, 3.8) is 0 Å². The monoisotopic (exact) mass is 302 g/mol. The maximum atomic E-state index is 3.85. The third-order valence-electron chi connectivity index (χ3n) is 3.61. The van der Waals surface area contributed by atoms with Gasteiger partial charge >= 0.3 is 0 Å². The lowest BCUT2D eigenvalue weighted by molar-refractivity contribution is 0.751. The normalized spacial score (nSPS) is 14.2. The maximum Gasteiger partial charge on any atom is 0.0461 e. The van der Waals surface area contributed by atoms with Gasteiger partial charge in [-0.25, -0.2) is 0 Å². The van der Waals surface area contributed by atoms with Crippen LogP contribution in [0.2, 0.25) is 0 Å². The summed E-state index contributed by atoms with van der Waals surface area (Å²) in [6.45, 7) is 6.60. The molecule has 0 aliphatic rings. The number of hydrogen-bond acceptors (Lipinski definition) is 0. The molecule has 0 N–H and O–H groups in total. The van der Waals surface area contributed by atoms with E-state index in [4.69, 9.17) is 0 Å². The summed E-state index contributed by atoms with van der Waals surface area (Å²) in [4.78, 5) is 0.360. The van der Waals surface area contributed by atoms with Crippen LogP contribution in [0.5, 0.6) is 0 Å². The minimum Gasteiger partial charge on any atom is -0.0832 e. The average Bonchev–Trinajstić information content (AvgIpc) is 2.41. The summed E-state index contributed by atoms with van der Waals surface area (Å²) in [6.07, 6.45) is 0. The van der Waals surface area contributed by atoms with Gasteiger partial charge in [0.05, 0.1) is 0 Å². The van der Waals surface area contributed by atoms with Crippen molar-refractivity contribution in [2.24, 2.45) is 0 Å². The lowest BCUT2D eigenvalue weighted by Crippen LogP contribution is -2.02. The van der Waals surface area contributed by atoms with Crippen LogP contribution in [0.4, 0.5) is 0 Å². The van der Waals surface area contributed by atoms with Gasteiger partial charge in [-0.15, -0.1) is 0 Å². The molecule has 0 bridgehead atoms. The zero-order valence-electron chi connectivity index (χ0n) is 11.2. The molecule has 2 unspecified atom stereocenters. The Morgan fingerprint density at radius 1 is 0.833 bits per heavy atom. The van der Waals surface area contributed by atoms with E-state index in [1.807, 2.05) is 0 Å². The van der Waals surface area contributed by atoms with Crippen molar-refractivity contribution < 1.29 is 0 Å². The van der Waals surface area contributed by atoms with Crippen molar-refractivity contribution >= 4 is 15.9 Å². The number of benzene rings is 2. The summed E-state index contributed by atoms with van der Waals surface area (Å²) in [7, 11) is 0. The number of halogens is 1. The zero-order valence-corrected chi connectivity index (χ0v) is 12.7. The Morgan fingerprint density at radius 3 is 2.11 bits per heavy atom. The van der Waals surface area contributed by atoms with E-state index in [0.717, 1.165) is 0 Å². The standard InChI is InChI=1S/C17H19Br/c1-12-9-10-16(11-13(12)2)17(18)14(3)15-7-5-4-6-8-15/h4-11,14,17H,1-3H3. The van der Waals surface area contributed by atoms with Gasteiger partial charge in [-0.05, 0) is 42.0 Å². The van der Waals surface area contributed by atoms with E-state index in [-0.39, 0.29) is 0 Å². The Bertz CT molecular complexity index is 516. The summed E-state index contributed by atoms with van der Waals surface area (Å²) in [5, 5.41) is 0. The SMILES string of the molecule is Cc1ccc(C(Br)C(C)c2ccccc2)cc1C. The molecule has 2 aromatic carbocycles. The fourth-order valence-electron chi connectivity index (χ4n) is 2.15. The van der Waals surface area contributed by atoms with Crippen LogP contribution in [-0.4, -0.2) is 0 Å². The first-order valence-electron chi connectivity index (χ1n) is 6.35. The maximum absolute atomic E-state index is 3.85.